The summed E-state index contributed by atoms with van der Waals surface area (Å²) >= 11 is 0. The first-order chi connectivity index (χ1) is 14.6. The van der Waals surface area contributed by atoms with Gasteiger partial charge in [-0.2, -0.15) is 0 Å². The number of likely N-dealkylation sites (N-methyl/N-ethyl adjacent to an activating group) is 1. The van der Waals surface area contributed by atoms with Crippen molar-refractivity contribution >= 4 is 5.78 Å². The lowest BCUT2D eigenvalue weighted by Gasteiger charge is -2.43. The lowest BCUT2D eigenvalue weighted by molar-refractivity contribution is -0.922. The maximum absolute atomic E-state index is 13.2. The minimum atomic E-state index is 0. The molecule has 176 valence electrons. The predicted octanol–water partition coefficient (Wildman–Crippen LogP) is 2.00. The van der Waals surface area contributed by atoms with Crippen molar-refractivity contribution in [2.75, 3.05) is 34.5 Å². The van der Waals surface area contributed by atoms with Gasteiger partial charge in [-0.05, 0) is 42.9 Å². The van der Waals surface area contributed by atoms with Crippen LogP contribution in [0.3, 0.4) is 0 Å². The molecule has 6 heteroatoms. The van der Waals surface area contributed by atoms with Gasteiger partial charge in [-0.15, -0.1) is 0 Å². The summed E-state index contributed by atoms with van der Waals surface area (Å²) in [7, 11) is 6.07. The summed E-state index contributed by atoms with van der Waals surface area (Å²) in [6.45, 7) is 7.96. The van der Waals surface area contributed by atoms with Crippen LogP contribution in [0.15, 0.2) is 29.9 Å². The van der Waals surface area contributed by atoms with Gasteiger partial charge in [0.25, 0.3) is 0 Å². The lowest BCUT2D eigenvalue weighted by Crippen LogP contribution is -3.00. The average molecular weight is 553 g/mol. The number of halogens is 1. The first kappa shape index (κ1) is 25.1. The number of ketones is 1. The van der Waals surface area contributed by atoms with E-state index < -0.39 is 0 Å². The summed E-state index contributed by atoms with van der Waals surface area (Å²) in [5.41, 5.74) is 3.85. The van der Waals surface area contributed by atoms with Crippen molar-refractivity contribution in [1.29, 1.82) is 0 Å². The maximum atomic E-state index is 13.2. The van der Waals surface area contributed by atoms with Crippen molar-refractivity contribution in [3.63, 3.8) is 0 Å². The zero-order chi connectivity index (χ0) is 22.4. The molecule has 0 amide bonds. The summed E-state index contributed by atoms with van der Waals surface area (Å²) in [5, 5.41) is 0. The van der Waals surface area contributed by atoms with Gasteiger partial charge >= 0.3 is 0 Å². The van der Waals surface area contributed by atoms with Gasteiger partial charge in [-0.3, -0.25) is 4.79 Å². The molecule has 1 aromatic carbocycles. The second-order valence-corrected chi connectivity index (χ2v) is 10.5. The number of benzene rings is 1. The van der Waals surface area contributed by atoms with Crippen LogP contribution >= 0.6 is 0 Å². The van der Waals surface area contributed by atoms with E-state index in [0.717, 1.165) is 47.4 Å². The van der Waals surface area contributed by atoms with Gasteiger partial charge in [0.2, 0.25) is 12.5 Å². The number of carbonyl (C=O) groups excluding carboxylic acids is 1. The molecule has 2 atom stereocenters. The fourth-order valence-electron chi connectivity index (χ4n) is 5.56. The Hall–Kier alpha value is -1.54. The van der Waals surface area contributed by atoms with E-state index in [-0.39, 0.29) is 48.0 Å². The molecule has 0 bridgehead atoms. The highest BCUT2D eigenvalue weighted by molar-refractivity contribution is 5.90. The van der Waals surface area contributed by atoms with Crippen LogP contribution in [0.5, 0.6) is 17.2 Å². The van der Waals surface area contributed by atoms with E-state index in [1.165, 1.54) is 11.1 Å². The molecule has 0 fully saturated rings. The Morgan fingerprint density at radius 3 is 2.75 bits per heavy atom. The largest absolute Gasteiger partial charge is 1.00 e. The monoisotopic (exact) mass is 553 g/mol. The van der Waals surface area contributed by atoms with Crippen LogP contribution in [-0.4, -0.2) is 44.8 Å². The summed E-state index contributed by atoms with van der Waals surface area (Å²) in [6.07, 6.45) is 9.92. The summed E-state index contributed by atoms with van der Waals surface area (Å²) in [4.78, 5) is 13.2. The van der Waals surface area contributed by atoms with Crippen molar-refractivity contribution < 1.29 is 47.5 Å². The molecule has 2 aliphatic heterocycles. The molecule has 0 aromatic heterocycles. The quantitative estimate of drug-likeness (QED) is 0.242. The van der Waals surface area contributed by atoms with Gasteiger partial charge in [0, 0.05) is 12.3 Å². The minimum Gasteiger partial charge on any atom is -1.00 e. The van der Waals surface area contributed by atoms with Crippen molar-refractivity contribution in [3.8, 4) is 17.2 Å². The molecular formula is C26H36INO4. The van der Waals surface area contributed by atoms with Gasteiger partial charge in [0.15, 0.2) is 17.3 Å². The number of rotatable bonds is 5. The molecule has 0 N–H and O–H groups in total. The van der Waals surface area contributed by atoms with Crippen LogP contribution in [0.4, 0.5) is 0 Å². The minimum absolute atomic E-state index is 0. The maximum Gasteiger partial charge on any atom is 0.231 e. The third-order valence-electron chi connectivity index (χ3n) is 7.54. The smallest absolute Gasteiger partial charge is 0.231 e. The van der Waals surface area contributed by atoms with Crippen molar-refractivity contribution in [2.24, 2.45) is 11.3 Å². The standard InChI is InChI=1S/C26H36NO4.HI/c1-17-8-7-12-26(2,3)20(17)10-9-19(28)15-21-23-18(11-13-27(21,4)5)14-22-24(25(23)29-6)31-16-30-22;/h8-10,14,20-21H,7,11-13,15-16H2,1-6H3;1H/q+1;/p-1. The van der Waals surface area contributed by atoms with E-state index in [0.29, 0.717) is 18.1 Å². The van der Waals surface area contributed by atoms with Crippen molar-refractivity contribution in [2.45, 2.75) is 52.5 Å². The van der Waals surface area contributed by atoms with Crippen LogP contribution in [0, 0.1) is 11.3 Å². The zero-order valence-electron chi connectivity index (χ0n) is 20.2. The van der Waals surface area contributed by atoms with Crippen molar-refractivity contribution in [1.82, 2.24) is 0 Å². The summed E-state index contributed by atoms with van der Waals surface area (Å²) < 4.78 is 17.9. The molecule has 2 heterocycles. The number of fused-ring (bicyclic) bond motifs is 2. The third-order valence-corrected chi connectivity index (χ3v) is 7.54. The van der Waals surface area contributed by atoms with Crippen molar-refractivity contribution in [3.05, 3.63) is 41.0 Å². The average Bonchev–Trinajstić information content (AvgIpc) is 3.16. The fraction of sp³-hybridized carbons (Fsp3) is 0.577. The number of ether oxygens (including phenoxy) is 3. The number of quaternary nitrogens is 1. The van der Waals surface area contributed by atoms with Crippen LogP contribution in [0.1, 0.15) is 57.2 Å². The molecule has 0 radical (unpaired) electrons. The van der Waals surface area contributed by atoms with E-state index in [9.17, 15) is 4.79 Å². The summed E-state index contributed by atoms with van der Waals surface area (Å²) in [6, 6.07) is 2.09. The SMILES string of the molecule is COc1c2c(cc3c1C(CC(=O)C=CC1C(C)=CCCC1(C)C)[N+](C)(C)CC3)OCO2.[I-]. The van der Waals surface area contributed by atoms with Crippen LogP contribution in [-0.2, 0) is 11.2 Å². The molecule has 5 nitrogen and oxygen atoms in total. The number of methoxy groups -OCH3 is 1. The Balaban J connectivity index is 0.00000289. The van der Waals surface area contributed by atoms with E-state index >= 15 is 0 Å². The second-order valence-electron chi connectivity index (χ2n) is 10.5. The Kier molecular flexibility index (Phi) is 7.35. The zero-order valence-corrected chi connectivity index (χ0v) is 22.3. The Labute approximate surface area is 209 Å². The van der Waals surface area contributed by atoms with Gasteiger partial charge in [0.1, 0.15) is 6.04 Å². The first-order valence-corrected chi connectivity index (χ1v) is 11.3. The molecule has 0 spiro atoms. The lowest BCUT2D eigenvalue weighted by atomic mass is 9.68. The molecular weight excluding hydrogens is 517 g/mol. The third kappa shape index (κ3) is 4.58. The fourth-order valence-corrected chi connectivity index (χ4v) is 5.56. The summed E-state index contributed by atoms with van der Waals surface area (Å²) in [5.74, 6) is 2.62. The number of hydrogen-bond donors (Lipinski definition) is 0. The first-order valence-electron chi connectivity index (χ1n) is 11.3. The van der Waals surface area contributed by atoms with Crippen LogP contribution in [0.2, 0.25) is 0 Å². The van der Waals surface area contributed by atoms with E-state index in [4.69, 9.17) is 14.2 Å². The number of allylic oxidation sites excluding steroid dienone is 4. The van der Waals surface area contributed by atoms with Gasteiger partial charge in [-0.1, -0.05) is 31.6 Å². The molecule has 32 heavy (non-hydrogen) atoms. The van der Waals surface area contributed by atoms with E-state index in [1.807, 2.05) is 6.08 Å². The molecule has 1 aromatic rings. The normalized spacial score (nSPS) is 25.0. The molecule has 0 saturated carbocycles. The second kappa shape index (κ2) is 9.37. The predicted molar refractivity (Wildman–Crippen MR) is 122 cm³/mol. The molecule has 2 unspecified atom stereocenters. The number of nitrogens with zero attached hydrogens (tertiary/aromatic N) is 1. The molecule has 1 aliphatic carbocycles. The van der Waals surface area contributed by atoms with Gasteiger partial charge < -0.3 is 42.7 Å². The van der Waals surface area contributed by atoms with E-state index in [2.05, 4.69) is 53.1 Å². The highest BCUT2D eigenvalue weighted by atomic mass is 127. The molecule has 4 rings (SSSR count). The van der Waals surface area contributed by atoms with E-state index in [1.54, 1.807) is 7.11 Å². The molecule has 3 aliphatic rings. The Morgan fingerprint density at radius 1 is 1.31 bits per heavy atom. The van der Waals surface area contributed by atoms with Gasteiger partial charge in [-0.25, -0.2) is 0 Å². The topological polar surface area (TPSA) is 44.8 Å². The highest BCUT2D eigenvalue weighted by Crippen LogP contribution is 2.51. The molecule has 0 saturated heterocycles. The highest BCUT2D eigenvalue weighted by Gasteiger charge is 2.42. The van der Waals surface area contributed by atoms with Crippen LogP contribution < -0.4 is 38.2 Å². The number of hydrogen-bond acceptors (Lipinski definition) is 4. The van der Waals surface area contributed by atoms with Crippen LogP contribution in [0.25, 0.3) is 0 Å². The Bertz CT molecular complexity index is 948. The number of carbonyl (C=O) groups is 1. The van der Waals surface area contributed by atoms with Gasteiger partial charge in [0.05, 0.1) is 39.7 Å². The Morgan fingerprint density at radius 2 is 2.06 bits per heavy atom.